The van der Waals surface area contributed by atoms with Crippen LogP contribution in [-0.2, 0) is 9.47 Å². The number of hydrogen-bond acceptors (Lipinski definition) is 4. The Morgan fingerprint density at radius 3 is 3.00 bits per heavy atom. The molecule has 0 aromatic carbocycles. The van der Waals surface area contributed by atoms with Gasteiger partial charge in [0.05, 0.1) is 19.3 Å². The van der Waals surface area contributed by atoms with Crippen molar-refractivity contribution in [2.75, 3.05) is 19.8 Å². The molecule has 2 fully saturated rings. The minimum absolute atomic E-state index is 0.161. The van der Waals surface area contributed by atoms with Gasteiger partial charge in [-0.05, 0) is 5.82 Å². The summed E-state index contributed by atoms with van der Waals surface area (Å²) in [5.74, 6) is 0.210. The lowest BCUT2D eigenvalue weighted by Crippen LogP contribution is -2.54. The highest BCUT2D eigenvalue weighted by Gasteiger charge is 2.54. The number of rotatable bonds is 1. The topological polar surface area (TPSA) is 58.9 Å². The third kappa shape index (κ3) is 0.940. The maximum atomic E-state index is 9.72. The Balaban J connectivity index is 2.21. The molecule has 2 heterocycles. The zero-order valence-corrected chi connectivity index (χ0v) is 7.06. The maximum Gasteiger partial charge on any atom is 0.142 e. The first kappa shape index (κ1) is 8.50. The average molecular weight is 172 g/mol. The summed E-state index contributed by atoms with van der Waals surface area (Å²) in [7, 11) is 1.97. The first-order valence-corrected chi connectivity index (χ1v) is 4.24. The molecule has 0 amide bonds. The Morgan fingerprint density at radius 2 is 2.33 bits per heavy atom. The molecule has 0 aromatic heterocycles. The molecule has 2 bridgehead atoms. The van der Waals surface area contributed by atoms with Crippen LogP contribution in [0.4, 0.5) is 0 Å². The van der Waals surface area contributed by atoms with Crippen molar-refractivity contribution >= 4 is 7.85 Å². The Bertz CT molecular complexity index is 188. The molecule has 0 aliphatic carbocycles. The molecule has 1 unspecified atom stereocenters. The third-order valence-corrected chi connectivity index (χ3v) is 2.83. The van der Waals surface area contributed by atoms with E-state index in [1.165, 1.54) is 0 Å². The largest absolute Gasteiger partial charge is 0.393 e. The molecule has 0 spiro atoms. The average Bonchev–Trinajstić information content (AvgIpc) is 2.28. The van der Waals surface area contributed by atoms with Crippen molar-refractivity contribution in [2.45, 2.75) is 23.6 Å². The van der Waals surface area contributed by atoms with Crippen molar-refractivity contribution < 1.29 is 19.7 Å². The molecule has 0 saturated carbocycles. The summed E-state index contributed by atoms with van der Waals surface area (Å²) in [6.45, 7) is 0.694. The van der Waals surface area contributed by atoms with Crippen LogP contribution in [0.1, 0.15) is 0 Å². The van der Waals surface area contributed by atoms with Gasteiger partial charge in [0.2, 0.25) is 0 Å². The molecule has 4 atom stereocenters. The van der Waals surface area contributed by atoms with Crippen LogP contribution in [0, 0.1) is 0 Å². The maximum absolute atomic E-state index is 9.72. The SMILES string of the molecule is B[C@@H]1CO[C@@]2(CO)COC1[C@@H]2O. The number of aliphatic hydroxyl groups is 2. The molecule has 2 saturated heterocycles. The fourth-order valence-electron chi connectivity index (χ4n) is 1.89. The van der Waals surface area contributed by atoms with Gasteiger partial charge in [-0.25, -0.2) is 0 Å². The zero-order valence-electron chi connectivity index (χ0n) is 7.06. The van der Waals surface area contributed by atoms with Gasteiger partial charge in [0.15, 0.2) is 0 Å². The molecule has 12 heavy (non-hydrogen) atoms. The molecule has 0 aromatic rings. The van der Waals surface area contributed by atoms with Crippen molar-refractivity contribution in [3.8, 4) is 0 Å². The molecule has 5 heteroatoms. The van der Waals surface area contributed by atoms with Gasteiger partial charge in [0.25, 0.3) is 0 Å². The number of fused-ring (bicyclic) bond motifs is 2. The minimum Gasteiger partial charge on any atom is -0.393 e. The highest BCUT2D eigenvalue weighted by atomic mass is 16.6. The Kier molecular flexibility index (Phi) is 1.91. The molecule has 2 aliphatic rings. The summed E-state index contributed by atoms with van der Waals surface area (Å²) < 4.78 is 10.8. The van der Waals surface area contributed by atoms with Gasteiger partial charge in [0.1, 0.15) is 19.6 Å². The first-order chi connectivity index (χ1) is 5.69. The predicted molar refractivity (Wildman–Crippen MR) is 43.8 cm³/mol. The lowest BCUT2D eigenvalue weighted by Gasteiger charge is -2.37. The Hall–Kier alpha value is -0.0951. The third-order valence-electron chi connectivity index (χ3n) is 2.83. The van der Waals surface area contributed by atoms with Crippen LogP contribution in [0.15, 0.2) is 0 Å². The molecule has 2 rings (SSSR count). The van der Waals surface area contributed by atoms with E-state index >= 15 is 0 Å². The van der Waals surface area contributed by atoms with Gasteiger partial charge in [-0.3, -0.25) is 0 Å². The van der Waals surface area contributed by atoms with Gasteiger partial charge < -0.3 is 19.7 Å². The Labute approximate surface area is 71.9 Å². The van der Waals surface area contributed by atoms with Gasteiger partial charge in [-0.2, -0.15) is 0 Å². The Morgan fingerprint density at radius 1 is 1.58 bits per heavy atom. The predicted octanol–water partition coefficient (Wildman–Crippen LogP) is -2.07. The van der Waals surface area contributed by atoms with Crippen LogP contribution in [0.25, 0.3) is 0 Å². The second-order valence-corrected chi connectivity index (χ2v) is 3.73. The van der Waals surface area contributed by atoms with Gasteiger partial charge in [-0.15, -0.1) is 0 Å². The summed E-state index contributed by atoms with van der Waals surface area (Å²) in [6.07, 6.45) is -0.836. The molecular weight excluding hydrogens is 159 g/mol. The summed E-state index contributed by atoms with van der Waals surface area (Å²) in [5.41, 5.74) is -0.836. The van der Waals surface area contributed by atoms with E-state index in [2.05, 4.69) is 0 Å². The van der Waals surface area contributed by atoms with Crippen LogP contribution < -0.4 is 0 Å². The minimum atomic E-state index is -0.836. The van der Waals surface area contributed by atoms with E-state index in [0.29, 0.717) is 13.2 Å². The molecule has 2 aliphatic heterocycles. The van der Waals surface area contributed by atoms with E-state index in [4.69, 9.17) is 14.6 Å². The van der Waals surface area contributed by atoms with E-state index < -0.39 is 11.7 Å². The van der Waals surface area contributed by atoms with Gasteiger partial charge in [-0.1, -0.05) is 0 Å². The van der Waals surface area contributed by atoms with Crippen molar-refractivity contribution in [2.24, 2.45) is 0 Å². The van der Waals surface area contributed by atoms with Crippen LogP contribution in [-0.4, -0.2) is 55.7 Å². The van der Waals surface area contributed by atoms with E-state index in [1.54, 1.807) is 0 Å². The number of ether oxygens (including phenoxy) is 2. The molecule has 68 valence electrons. The van der Waals surface area contributed by atoms with E-state index in [9.17, 15) is 5.11 Å². The molecule has 2 N–H and O–H groups in total. The van der Waals surface area contributed by atoms with Crippen molar-refractivity contribution in [1.82, 2.24) is 0 Å². The zero-order chi connectivity index (χ0) is 8.77. The fraction of sp³-hybridized carbons (Fsp3) is 1.00. The lowest BCUT2D eigenvalue weighted by atomic mass is 9.76. The van der Waals surface area contributed by atoms with E-state index in [0.717, 1.165) is 0 Å². The molecule has 0 radical (unpaired) electrons. The summed E-state index contributed by atoms with van der Waals surface area (Å²) in [5, 5.41) is 18.8. The summed E-state index contributed by atoms with van der Waals surface area (Å²) in [4.78, 5) is 0. The van der Waals surface area contributed by atoms with Crippen molar-refractivity contribution in [3.63, 3.8) is 0 Å². The first-order valence-electron chi connectivity index (χ1n) is 4.24. The van der Waals surface area contributed by atoms with Crippen LogP contribution in [0.5, 0.6) is 0 Å². The van der Waals surface area contributed by atoms with Gasteiger partial charge in [0, 0.05) is 6.61 Å². The van der Waals surface area contributed by atoms with Crippen molar-refractivity contribution in [3.05, 3.63) is 0 Å². The van der Waals surface area contributed by atoms with Crippen LogP contribution in [0.3, 0.4) is 0 Å². The van der Waals surface area contributed by atoms with E-state index in [-0.39, 0.29) is 18.5 Å². The highest BCUT2D eigenvalue weighted by molar-refractivity contribution is 6.12. The number of hydrogen-bond donors (Lipinski definition) is 2. The van der Waals surface area contributed by atoms with Crippen LogP contribution >= 0.6 is 0 Å². The molecular formula is C7H13BO4. The fourth-order valence-corrected chi connectivity index (χ4v) is 1.89. The van der Waals surface area contributed by atoms with E-state index in [1.807, 2.05) is 7.85 Å². The smallest absolute Gasteiger partial charge is 0.142 e. The monoisotopic (exact) mass is 172 g/mol. The van der Waals surface area contributed by atoms with Crippen LogP contribution in [0.2, 0.25) is 5.82 Å². The second kappa shape index (κ2) is 2.70. The normalized spacial score (nSPS) is 52.7. The van der Waals surface area contributed by atoms with Gasteiger partial charge >= 0.3 is 0 Å². The second-order valence-electron chi connectivity index (χ2n) is 3.73. The summed E-state index contributed by atoms with van der Waals surface area (Å²) >= 11 is 0. The standard InChI is InChI=1S/C7H13BO4/c8-4-1-12-7(2-9)3-11-5(4)6(7)10/h4-6,9-10H,1-3,8H2/t4-,5?,6+,7+/m1/s1. The number of aliphatic hydroxyl groups excluding tert-OH is 2. The quantitative estimate of drug-likeness (QED) is 0.446. The highest BCUT2D eigenvalue weighted by Crippen LogP contribution is 2.38. The molecule has 4 nitrogen and oxygen atoms in total. The summed E-state index contributed by atoms with van der Waals surface area (Å²) in [6, 6.07) is 0. The lowest BCUT2D eigenvalue weighted by molar-refractivity contribution is -0.149. The van der Waals surface area contributed by atoms with Crippen molar-refractivity contribution in [1.29, 1.82) is 0 Å².